The summed E-state index contributed by atoms with van der Waals surface area (Å²) in [6.07, 6.45) is 2.39. The molecule has 1 aliphatic rings. The van der Waals surface area contributed by atoms with Gasteiger partial charge in [0.1, 0.15) is 11.5 Å². The monoisotopic (exact) mass is 268 g/mol. The summed E-state index contributed by atoms with van der Waals surface area (Å²) in [5.41, 5.74) is 5.83. The Balaban J connectivity index is 2.28. The minimum absolute atomic E-state index is 0.0567. The van der Waals surface area contributed by atoms with Crippen molar-refractivity contribution in [3.05, 3.63) is 46.5 Å². The van der Waals surface area contributed by atoms with Crippen LogP contribution < -0.4 is 4.74 Å². The molecule has 0 heterocycles. The van der Waals surface area contributed by atoms with E-state index in [9.17, 15) is 9.90 Å². The number of rotatable bonds is 2. The predicted octanol–water partition coefficient (Wildman–Crippen LogP) is 3.29. The van der Waals surface area contributed by atoms with Crippen molar-refractivity contribution < 1.29 is 14.6 Å². The van der Waals surface area contributed by atoms with E-state index in [-0.39, 0.29) is 5.75 Å². The fourth-order valence-electron chi connectivity index (χ4n) is 2.99. The normalized spacial score (nSPS) is 12.5. The van der Waals surface area contributed by atoms with E-state index in [4.69, 9.17) is 4.74 Å². The van der Waals surface area contributed by atoms with Gasteiger partial charge in [0.2, 0.25) is 0 Å². The van der Waals surface area contributed by atoms with E-state index in [1.54, 1.807) is 13.2 Å². The molecule has 1 N–H and O–H groups in total. The Hall–Kier alpha value is -2.29. The summed E-state index contributed by atoms with van der Waals surface area (Å²) in [7, 11) is 1.66. The molecule has 0 bridgehead atoms. The van der Waals surface area contributed by atoms with E-state index < -0.39 is 0 Å². The molecule has 20 heavy (non-hydrogen) atoms. The maximum absolute atomic E-state index is 11.2. The molecule has 0 atom stereocenters. The lowest BCUT2D eigenvalue weighted by Gasteiger charge is -2.23. The lowest BCUT2D eigenvalue weighted by Crippen LogP contribution is -2.08. The molecule has 102 valence electrons. The van der Waals surface area contributed by atoms with Crippen molar-refractivity contribution in [1.82, 2.24) is 0 Å². The van der Waals surface area contributed by atoms with Crippen molar-refractivity contribution in [3.8, 4) is 22.6 Å². The summed E-state index contributed by atoms with van der Waals surface area (Å²) >= 11 is 0. The number of carbonyl (C=O) groups excluding carboxylic acids is 1. The average Bonchev–Trinajstić information content (AvgIpc) is 2.46. The van der Waals surface area contributed by atoms with Gasteiger partial charge >= 0.3 is 0 Å². The first-order valence-electron chi connectivity index (χ1n) is 6.63. The van der Waals surface area contributed by atoms with Crippen LogP contribution in [0.1, 0.15) is 27.0 Å². The number of methoxy groups -OCH3 is 1. The molecule has 0 saturated heterocycles. The molecule has 3 rings (SSSR count). The van der Waals surface area contributed by atoms with Gasteiger partial charge in [-0.2, -0.15) is 0 Å². The number of hydrogen-bond acceptors (Lipinski definition) is 3. The minimum Gasteiger partial charge on any atom is -0.507 e. The largest absolute Gasteiger partial charge is 0.507 e. The molecule has 0 fully saturated rings. The van der Waals surface area contributed by atoms with Crippen LogP contribution in [0.5, 0.6) is 11.5 Å². The summed E-state index contributed by atoms with van der Waals surface area (Å²) in [5, 5.41) is 9.80. The molecule has 3 heteroatoms. The predicted molar refractivity (Wildman–Crippen MR) is 77.6 cm³/mol. The van der Waals surface area contributed by atoms with Gasteiger partial charge in [-0.3, -0.25) is 4.79 Å². The molecule has 0 spiro atoms. The topological polar surface area (TPSA) is 46.5 Å². The van der Waals surface area contributed by atoms with Crippen molar-refractivity contribution in [2.75, 3.05) is 7.11 Å². The van der Waals surface area contributed by atoms with Crippen molar-refractivity contribution in [3.63, 3.8) is 0 Å². The highest BCUT2D eigenvalue weighted by molar-refractivity contribution is 5.88. The van der Waals surface area contributed by atoms with Gasteiger partial charge in [0.15, 0.2) is 6.29 Å². The number of phenolic OH excluding ortho intramolecular Hbond substituents is 1. The highest BCUT2D eigenvalue weighted by Crippen LogP contribution is 2.40. The van der Waals surface area contributed by atoms with Crippen LogP contribution in [0, 0.1) is 6.92 Å². The third-order valence-corrected chi connectivity index (χ3v) is 4.01. The van der Waals surface area contributed by atoms with Crippen molar-refractivity contribution in [2.45, 2.75) is 19.8 Å². The molecule has 0 aromatic heterocycles. The number of carbonyl (C=O) groups is 1. The van der Waals surface area contributed by atoms with Gasteiger partial charge in [-0.15, -0.1) is 0 Å². The van der Waals surface area contributed by atoms with E-state index in [1.165, 1.54) is 5.56 Å². The maximum atomic E-state index is 11.2. The van der Waals surface area contributed by atoms with E-state index >= 15 is 0 Å². The van der Waals surface area contributed by atoms with Crippen LogP contribution in [0.4, 0.5) is 0 Å². The lowest BCUT2D eigenvalue weighted by atomic mass is 9.82. The number of hydrogen-bond donors (Lipinski definition) is 1. The van der Waals surface area contributed by atoms with Crippen molar-refractivity contribution >= 4 is 6.29 Å². The third-order valence-electron chi connectivity index (χ3n) is 4.01. The van der Waals surface area contributed by atoms with Gasteiger partial charge in [0, 0.05) is 0 Å². The zero-order chi connectivity index (χ0) is 14.3. The molecular formula is C17H16O3. The lowest BCUT2D eigenvalue weighted by molar-refractivity contribution is 0.112. The molecule has 0 unspecified atom stereocenters. The molecule has 1 aliphatic carbocycles. The Bertz CT molecular complexity index is 702. The molecule has 0 amide bonds. The van der Waals surface area contributed by atoms with Crippen LogP contribution in [-0.4, -0.2) is 18.5 Å². The standard InChI is InChI=1S/C17H16O3/c1-10-7-11-3-4-13-12(14(11)8-17(10)20-2)5-6-16(19)15(13)9-18/h5-9,19H,3-4H2,1-2H3. The summed E-state index contributed by atoms with van der Waals surface area (Å²) < 4.78 is 5.39. The molecule has 0 saturated carbocycles. The Morgan fingerprint density at radius 1 is 1.20 bits per heavy atom. The van der Waals surface area contributed by atoms with Crippen molar-refractivity contribution in [1.29, 1.82) is 0 Å². The van der Waals surface area contributed by atoms with Gasteiger partial charge in [-0.25, -0.2) is 0 Å². The van der Waals surface area contributed by atoms with Crippen molar-refractivity contribution in [2.24, 2.45) is 0 Å². The fourth-order valence-corrected chi connectivity index (χ4v) is 2.99. The fraction of sp³-hybridized carbons (Fsp3) is 0.235. The molecule has 0 radical (unpaired) electrons. The van der Waals surface area contributed by atoms with Crippen LogP contribution in [0.15, 0.2) is 24.3 Å². The Morgan fingerprint density at radius 2 is 2.00 bits per heavy atom. The number of aryl methyl sites for hydroxylation is 2. The molecular weight excluding hydrogens is 252 g/mol. The summed E-state index contributed by atoms with van der Waals surface area (Å²) in [4.78, 5) is 11.2. The van der Waals surface area contributed by atoms with E-state index in [1.807, 2.05) is 19.1 Å². The Morgan fingerprint density at radius 3 is 2.70 bits per heavy atom. The number of benzene rings is 2. The first kappa shape index (κ1) is 12.7. The van der Waals surface area contributed by atoms with Gasteiger partial charge in [0.25, 0.3) is 0 Å². The molecule has 2 aromatic carbocycles. The van der Waals surface area contributed by atoms with Crippen LogP contribution in [0.2, 0.25) is 0 Å². The third kappa shape index (κ3) is 1.78. The average molecular weight is 268 g/mol. The van der Waals surface area contributed by atoms with E-state index in [2.05, 4.69) is 6.07 Å². The maximum Gasteiger partial charge on any atom is 0.154 e. The second-order valence-electron chi connectivity index (χ2n) is 5.12. The van der Waals surface area contributed by atoms with Gasteiger partial charge in [-0.05, 0) is 59.7 Å². The second kappa shape index (κ2) is 4.67. The zero-order valence-corrected chi connectivity index (χ0v) is 11.6. The second-order valence-corrected chi connectivity index (χ2v) is 5.12. The number of fused-ring (bicyclic) bond motifs is 3. The highest BCUT2D eigenvalue weighted by atomic mass is 16.5. The Labute approximate surface area is 117 Å². The van der Waals surface area contributed by atoms with E-state index in [0.29, 0.717) is 5.56 Å². The van der Waals surface area contributed by atoms with Gasteiger partial charge in [-0.1, -0.05) is 12.1 Å². The SMILES string of the molecule is COc1cc2c(cc1C)CCc1c-2ccc(O)c1C=O. The molecule has 0 aliphatic heterocycles. The van der Waals surface area contributed by atoms with Crippen LogP contribution in [0.3, 0.4) is 0 Å². The summed E-state index contributed by atoms with van der Waals surface area (Å²) in [6, 6.07) is 7.63. The number of aromatic hydroxyl groups is 1. The quantitative estimate of drug-likeness (QED) is 0.850. The highest BCUT2D eigenvalue weighted by Gasteiger charge is 2.21. The Kier molecular flexibility index (Phi) is 2.97. The van der Waals surface area contributed by atoms with Gasteiger partial charge in [0.05, 0.1) is 12.7 Å². The molecule has 2 aromatic rings. The summed E-state index contributed by atoms with van der Waals surface area (Å²) in [5.74, 6) is 0.901. The van der Waals surface area contributed by atoms with Crippen LogP contribution in [-0.2, 0) is 12.8 Å². The smallest absolute Gasteiger partial charge is 0.154 e. The first-order valence-corrected chi connectivity index (χ1v) is 6.63. The number of phenols is 1. The summed E-state index contributed by atoms with van der Waals surface area (Å²) in [6.45, 7) is 2.03. The minimum atomic E-state index is 0.0567. The van der Waals surface area contributed by atoms with Gasteiger partial charge < -0.3 is 9.84 Å². The number of aldehydes is 1. The van der Waals surface area contributed by atoms with E-state index in [0.717, 1.165) is 47.1 Å². The van der Waals surface area contributed by atoms with Crippen LogP contribution in [0.25, 0.3) is 11.1 Å². The first-order chi connectivity index (χ1) is 9.65. The zero-order valence-electron chi connectivity index (χ0n) is 11.6. The molecule has 3 nitrogen and oxygen atoms in total. The number of ether oxygens (including phenoxy) is 1. The van der Waals surface area contributed by atoms with Crippen LogP contribution >= 0.6 is 0 Å².